The smallest absolute Gasteiger partial charge is 0.253 e. The zero-order chi connectivity index (χ0) is 22.4. The van der Waals surface area contributed by atoms with E-state index in [1.54, 1.807) is 24.3 Å². The van der Waals surface area contributed by atoms with E-state index >= 15 is 0 Å². The Bertz CT molecular complexity index is 855. The Morgan fingerprint density at radius 2 is 1.58 bits per heavy atom. The van der Waals surface area contributed by atoms with Crippen LogP contribution < -0.4 is 10.0 Å². The van der Waals surface area contributed by atoms with Crippen LogP contribution >= 0.6 is 0 Å². The molecule has 2 fully saturated rings. The molecule has 172 valence electrons. The van der Waals surface area contributed by atoms with Gasteiger partial charge in [0.15, 0.2) is 0 Å². The fraction of sp³-hybridized carbons (Fsp3) is 0.652. The van der Waals surface area contributed by atoms with Gasteiger partial charge in [-0.15, -0.1) is 0 Å². The lowest BCUT2D eigenvalue weighted by Crippen LogP contribution is -2.41. The van der Waals surface area contributed by atoms with Gasteiger partial charge in [0, 0.05) is 30.4 Å². The normalized spacial score (nSPS) is 22.6. The number of nitrogens with zero attached hydrogens (tertiary/aromatic N) is 1. The molecule has 2 amide bonds. The molecule has 8 heteroatoms. The van der Waals surface area contributed by atoms with Crippen LogP contribution in [0.4, 0.5) is 5.69 Å². The molecule has 2 N–H and O–H groups in total. The van der Waals surface area contributed by atoms with Gasteiger partial charge < -0.3 is 10.2 Å². The van der Waals surface area contributed by atoms with E-state index in [4.69, 9.17) is 0 Å². The molecule has 1 aromatic rings. The Labute approximate surface area is 186 Å². The van der Waals surface area contributed by atoms with E-state index in [9.17, 15) is 18.0 Å². The second-order valence-corrected chi connectivity index (χ2v) is 10.9. The first-order chi connectivity index (χ1) is 14.7. The number of carbonyl (C=O) groups is 2. The SMILES string of the molecule is CC1CCC(NS(=O)(=O)CC(=O)Nc2ccc(C(=O)N(C)C3CCCCC3)cc2)CC1. The molecule has 0 radical (unpaired) electrons. The molecule has 31 heavy (non-hydrogen) atoms. The summed E-state index contributed by atoms with van der Waals surface area (Å²) in [5, 5.41) is 2.62. The predicted molar refractivity (Wildman–Crippen MR) is 122 cm³/mol. The average molecular weight is 450 g/mol. The summed E-state index contributed by atoms with van der Waals surface area (Å²) in [4.78, 5) is 26.8. The van der Waals surface area contributed by atoms with Crippen LogP contribution in [-0.4, -0.2) is 50.0 Å². The predicted octanol–water partition coefficient (Wildman–Crippen LogP) is 3.53. The van der Waals surface area contributed by atoms with Crippen LogP contribution in [0.5, 0.6) is 0 Å². The molecule has 2 saturated carbocycles. The van der Waals surface area contributed by atoms with Gasteiger partial charge in [-0.1, -0.05) is 26.2 Å². The minimum Gasteiger partial charge on any atom is -0.339 e. The number of hydrogen-bond donors (Lipinski definition) is 2. The van der Waals surface area contributed by atoms with E-state index in [1.807, 2.05) is 11.9 Å². The van der Waals surface area contributed by atoms with Crippen molar-refractivity contribution in [2.24, 2.45) is 5.92 Å². The number of nitrogens with one attached hydrogen (secondary N) is 2. The lowest BCUT2D eigenvalue weighted by Gasteiger charge is -2.31. The second-order valence-electron chi connectivity index (χ2n) is 9.17. The van der Waals surface area contributed by atoms with Crippen molar-refractivity contribution in [2.75, 3.05) is 18.1 Å². The van der Waals surface area contributed by atoms with Crippen LogP contribution in [0.2, 0.25) is 0 Å². The van der Waals surface area contributed by atoms with Crippen LogP contribution in [0.1, 0.15) is 75.1 Å². The lowest BCUT2D eigenvalue weighted by molar-refractivity contribution is -0.113. The van der Waals surface area contributed by atoms with Gasteiger partial charge in [-0.2, -0.15) is 0 Å². The quantitative estimate of drug-likeness (QED) is 0.666. The summed E-state index contributed by atoms with van der Waals surface area (Å²) in [6, 6.07) is 6.83. The van der Waals surface area contributed by atoms with Gasteiger partial charge in [-0.05, 0) is 68.7 Å². The van der Waals surface area contributed by atoms with Crippen LogP contribution in [0.15, 0.2) is 24.3 Å². The maximum Gasteiger partial charge on any atom is 0.253 e. The topological polar surface area (TPSA) is 95.6 Å². The lowest BCUT2D eigenvalue weighted by atomic mass is 9.88. The third kappa shape index (κ3) is 7.04. The van der Waals surface area contributed by atoms with Gasteiger partial charge in [0.05, 0.1) is 0 Å². The molecular formula is C23H35N3O4S. The summed E-state index contributed by atoms with van der Waals surface area (Å²) in [6.07, 6.45) is 9.26. The number of amides is 2. The number of carbonyl (C=O) groups excluding carboxylic acids is 2. The third-order valence-corrected chi connectivity index (χ3v) is 7.88. The van der Waals surface area contributed by atoms with Crippen LogP contribution in [0, 0.1) is 5.92 Å². The Morgan fingerprint density at radius 1 is 0.968 bits per heavy atom. The summed E-state index contributed by atoms with van der Waals surface area (Å²) < 4.78 is 27.3. The fourth-order valence-electron chi connectivity index (χ4n) is 4.58. The van der Waals surface area contributed by atoms with Crippen LogP contribution in [-0.2, 0) is 14.8 Å². The molecule has 0 unspecified atom stereocenters. The standard InChI is InChI=1S/C23H35N3O4S/c1-17-8-12-20(13-9-17)25-31(29,30)16-22(27)24-19-14-10-18(11-15-19)23(28)26(2)21-6-4-3-5-7-21/h10-11,14-15,17,20-21,25H,3-9,12-13,16H2,1-2H3,(H,24,27). The van der Waals surface area contributed by atoms with Gasteiger partial charge in [0.25, 0.3) is 5.91 Å². The van der Waals surface area contributed by atoms with Crippen molar-refractivity contribution >= 4 is 27.5 Å². The summed E-state index contributed by atoms with van der Waals surface area (Å²) >= 11 is 0. The Balaban J connectivity index is 1.50. The van der Waals surface area contributed by atoms with E-state index in [-0.39, 0.29) is 18.0 Å². The molecule has 0 spiro atoms. The van der Waals surface area contributed by atoms with E-state index in [2.05, 4.69) is 17.0 Å². The number of hydrogen-bond acceptors (Lipinski definition) is 4. The highest BCUT2D eigenvalue weighted by Crippen LogP contribution is 2.24. The largest absolute Gasteiger partial charge is 0.339 e. The van der Waals surface area contributed by atoms with Gasteiger partial charge in [-0.3, -0.25) is 9.59 Å². The van der Waals surface area contributed by atoms with Gasteiger partial charge in [-0.25, -0.2) is 13.1 Å². The number of anilines is 1. The van der Waals surface area contributed by atoms with E-state index in [0.717, 1.165) is 51.4 Å². The molecule has 0 aliphatic heterocycles. The molecule has 2 aliphatic rings. The Hall–Kier alpha value is -1.93. The molecule has 2 aliphatic carbocycles. The van der Waals surface area contributed by atoms with Crippen molar-refractivity contribution in [1.82, 2.24) is 9.62 Å². The molecule has 0 saturated heterocycles. The van der Waals surface area contributed by atoms with Crippen molar-refractivity contribution < 1.29 is 18.0 Å². The molecule has 1 aromatic carbocycles. The Kier molecular flexibility index (Phi) is 8.11. The summed E-state index contributed by atoms with van der Waals surface area (Å²) in [5.41, 5.74) is 1.04. The maximum atomic E-state index is 12.7. The number of sulfonamides is 1. The highest BCUT2D eigenvalue weighted by atomic mass is 32.2. The highest BCUT2D eigenvalue weighted by Gasteiger charge is 2.25. The molecule has 0 bridgehead atoms. The van der Waals surface area contributed by atoms with E-state index < -0.39 is 21.7 Å². The fourth-order valence-corrected chi connectivity index (χ4v) is 5.82. The summed E-state index contributed by atoms with van der Waals surface area (Å²) in [5.74, 6) is -0.598. The van der Waals surface area contributed by atoms with Crippen molar-refractivity contribution in [3.05, 3.63) is 29.8 Å². The number of benzene rings is 1. The third-order valence-electron chi connectivity index (χ3n) is 6.54. The molecule has 7 nitrogen and oxygen atoms in total. The molecular weight excluding hydrogens is 414 g/mol. The molecule has 0 atom stereocenters. The maximum absolute atomic E-state index is 12.7. The number of rotatable bonds is 7. The minimum atomic E-state index is -3.69. The van der Waals surface area contributed by atoms with Crippen LogP contribution in [0.25, 0.3) is 0 Å². The van der Waals surface area contributed by atoms with Crippen molar-refractivity contribution in [2.45, 2.75) is 76.8 Å². The summed E-state index contributed by atoms with van der Waals surface area (Å²) in [6.45, 7) is 2.17. The first-order valence-electron chi connectivity index (χ1n) is 11.4. The molecule has 3 rings (SSSR count). The van der Waals surface area contributed by atoms with Gasteiger partial charge in [0.1, 0.15) is 5.75 Å². The van der Waals surface area contributed by atoms with E-state index in [0.29, 0.717) is 17.2 Å². The van der Waals surface area contributed by atoms with Crippen molar-refractivity contribution in [3.63, 3.8) is 0 Å². The zero-order valence-corrected chi connectivity index (χ0v) is 19.4. The van der Waals surface area contributed by atoms with E-state index in [1.165, 1.54) is 6.42 Å². The highest BCUT2D eigenvalue weighted by molar-refractivity contribution is 7.90. The minimum absolute atomic E-state index is 0.0293. The first-order valence-corrected chi connectivity index (χ1v) is 13.1. The monoisotopic (exact) mass is 449 g/mol. The Morgan fingerprint density at radius 3 is 2.19 bits per heavy atom. The summed E-state index contributed by atoms with van der Waals surface area (Å²) in [7, 11) is -1.84. The van der Waals surface area contributed by atoms with Crippen LogP contribution in [0.3, 0.4) is 0 Å². The van der Waals surface area contributed by atoms with Crippen molar-refractivity contribution in [3.8, 4) is 0 Å². The van der Waals surface area contributed by atoms with Gasteiger partial charge >= 0.3 is 0 Å². The zero-order valence-electron chi connectivity index (χ0n) is 18.6. The van der Waals surface area contributed by atoms with Gasteiger partial charge in [0.2, 0.25) is 15.9 Å². The molecule has 0 heterocycles. The van der Waals surface area contributed by atoms with Crippen molar-refractivity contribution in [1.29, 1.82) is 0 Å². The molecule has 0 aromatic heterocycles. The first kappa shape index (κ1) is 23.7. The second kappa shape index (κ2) is 10.6. The average Bonchev–Trinajstić information content (AvgIpc) is 2.75.